The maximum atomic E-state index is 10.9. The largest absolute Gasteiger partial charge is 0.377 e. The molecule has 3 unspecified atom stereocenters. The second-order valence-corrected chi connectivity index (χ2v) is 5.38. The Labute approximate surface area is 108 Å². The van der Waals surface area contributed by atoms with Gasteiger partial charge in [-0.2, -0.15) is 0 Å². The van der Waals surface area contributed by atoms with E-state index >= 15 is 0 Å². The van der Waals surface area contributed by atoms with Crippen LogP contribution >= 0.6 is 0 Å². The zero-order valence-corrected chi connectivity index (χ0v) is 10.9. The van der Waals surface area contributed by atoms with Crippen molar-refractivity contribution >= 4 is 11.4 Å². The Kier molecular flexibility index (Phi) is 3.84. The zero-order chi connectivity index (χ0) is 13.1. The summed E-state index contributed by atoms with van der Waals surface area (Å²) >= 11 is 0. The lowest BCUT2D eigenvalue weighted by molar-refractivity contribution is -0.384. The third-order valence-electron chi connectivity index (χ3n) is 4.06. The van der Waals surface area contributed by atoms with Crippen molar-refractivity contribution < 1.29 is 4.92 Å². The molecule has 1 aliphatic carbocycles. The van der Waals surface area contributed by atoms with Crippen LogP contribution in [0.4, 0.5) is 11.4 Å². The molecule has 0 heterocycles. The zero-order valence-electron chi connectivity index (χ0n) is 10.9. The van der Waals surface area contributed by atoms with Crippen LogP contribution in [-0.4, -0.2) is 11.0 Å². The van der Waals surface area contributed by atoms with E-state index in [2.05, 4.69) is 19.2 Å². The van der Waals surface area contributed by atoms with Gasteiger partial charge < -0.3 is 5.32 Å². The smallest absolute Gasteiger partial charge is 0.292 e. The van der Waals surface area contributed by atoms with Gasteiger partial charge in [0.25, 0.3) is 5.69 Å². The number of nitro groups is 1. The predicted octanol–water partition coefficient (Wildman–Crippen LogP) is 3.83. The molecule has 1 aromatic rings. The highest BCUT2D eigenvalue weighted by Crippen LogP contribution is 2.33. The molecule has 0 saturated heterocycles. The topological polar surface area (TPSA) is 55.2 Å². The van der Waals surface area contributed by atoms with Crippen LogP contribution in [0.5, 0.6) is 0 Å². The van der Waals surface area contributed by atoms with E-state index < -0.39 is 0 Å². The number of benzene rings is 1. The quantitative estimate of drug-likeness (QED) is 0.653. The molecule has 0 radical (unpaired) electrons. The molecule has 1 aromatic carbocycles. The summed E-state index contributed by atoms with van der Waals surface area (Å²) in [5, 5.41) is 14.3. The molecule has 18 heavy (non-hydrogen) atoms. The van der Waals surface area contributed by atoms with Crippen LogP contribution in [0.2, 0.25) is 0 Å². The summed E-state index contributed by atoms with van der Waals surface area (Å²) in [4.78, 5) is 10.6. The Morgan fingerprint density at radius 2 is 1.94 bits per heavy atom. The summed E-state index contributed by atoms with van der Waals surface area (Å²) in [5.74, 6) is 1.44. The fraction of sp³-hybridized carbons (Fsp3) is 0.571. The molecule has 0 aromatic heterocycles. The van der Waals surface area contributed by atoms with Crippen LogP contribution in [0.25, 0.3) is 0 Å². The van der Waals surface area contributed by atoms with Crippen LogP contribution in [0.15, 0.2) is 24.3 Å². The van der Waals surface area contributed by atoms with E-state index in [9.17, 15) is 10.1 Å². The summed E-state index contributed by atoms with van der Waals surface area (Å²) in [6.45, 7) is 4.55. The Balaban J connectivity index is 2.08. The van der Waals surface area contributed by atoms with Gasteiger partial charge in [0.1, 0.15) is 5.69 Å². The van der Waals surface area contributed by atoms with E-state index in [0.29, 0.717) is 17.6 Å². The van der Waals surface area contributed by atoms with Gasteiger partial charge in [-0.25, -0.2) is 0 Å². The van der Waals surface area contributed by atoms with Crippen molar-refractivity contribution in [2.24, 2.45) is 11.8 Å². The molecular weight excluding hydrogens is 228 g/mol. The molecule has 0 amide bonds. The average Bonchev–Trinajstić information content (AvgIpc) is 2.34. The molecule has 1 fully saturated rings. The lowest BCUT2D eigenvalue weighted by Gasteiger charge is -2.32. The minimum absolute atomic E-state index is 0.170. The summed E-state index contributed by atoms with van der Waals surface area (Å²) in [6.07, 6.45) is 3.38. The standard InChI is InChI=1S/C14H20N2O2/c1-10-7-8-12(9-11(10)2)15-13-5-3-4-6-14(13)16(17)18/h3-6,10-12,15H,7-9H2,1-2H3. The van der Waals surface area contributed by atoms with Gasteiger partial charge in [-0.1, -0.05) is 26.0 Å². The lowest BCUT2D eigenvalue weighted by atomic mass is 9.79. The monoisotopic (exact) mass is 248 g/mol. The normalized spacial score (nSPS) is 27.8. The maximum Gasteiger partial charge on any atom is 0.292 e. The van der Waals surface area contributed by atoms with Crippen molar-refractivity contribution in [3.63, 3.8) is 0 Å². The average molecular weight is 248 g/mol. The van der Waals surface area contributed by atoms with Crippen LogP contribution < -0.4 is 5.32 Å². The van der Waals surface area contributed by atoms with E-state index in [4.69, 9.17) is 0 Å². The number of hydrogen-bond acceptors (Lipinski definition) is 3. The number of rotatable bonds is 3. The third kappa shape index (κ3) is 2.81. The van der Waals surface area contributed by atoms with Crippen LogP contribution in [0.1, 0.15) is 33.1 Å². The van der Waals surface area contributed by atoms with Gasteiger partial charge in [0.15, 0.2) is 0 Å². The van der Waals surface area contributed by atoms with Gasteiger partial charge in [-0.15, -0.1) is 0 Å². The second-order valence-electron chi connectivity index (χ2n) is 5.38. The van der Waals surface area contributed by atoms with Gasteiger partial charge in [0.2, 0.25) is 0 Å². The highest BCUT2D eigenvalue weighted by Gasteiger charge is 2.25. The minimum atomic E-state index is -0.322. The van der Waals surface area contributed by atoms with Gasteiger partial charge in [0, 0.05) is 12.1 Å². The summed E-state index contributed by atoms with van der Waals surface area (Å²) < 4.78 is 0. The first-order valence-electron chi connectivity index (χ1n) is 6.58. The van der Waals surface area contributed by atoms with Crippen LogP contribution in [0.3, 0.4) is 0 Å². The van der Waals surface area contributed by atoms with E-state index in [-0.39, 0.29) is 10.6 Å². The Hall–Kier alpha value is -1.58. The fourth-order valence-corrected chi connectivity index (χ4v) is 2.65. The van der Waals surface area contributed by atoms with Crippen molar-refractivity contribution in [1.82, 2.24) is 0 Å². The maximum absolute atomic E-state index is 10.9. The Morgan fingerprint density at radius 1 is 1.22 bits per heavy atom. The van der Waals surface area contributed by atoms with Crippen molar-refractivity contribution in [2.75, 3.05) is 5.32 Å². The van der Waals surface area contributed by atoms with E-state index in [1.54, 1.807) is 18.2 Å². The molecule has 3 atom stereocenters. The van der Waals surface area contributed by atoms with Crippen LogP contribution in [-0.2, 0) is 0 Å². The number of hydrogen-bond donors (Lipinski definition) is 1. The molecule has 1 N–H and O–H groups in total. The SMILES string of the molecule is CC1CCC(Nc2ccccc2[N+](=O)[O-])CC1C. The van der Waals surface area contributed by atoms with Gasteiger partial charge in [-0.3, -0.25) is 10.1 Å². The summed E-state index contributed by atoms with van der Waals surface area (Å²) in [6, 6.07) is 7.24. The second kappa shape index (κ2) is 5.38. The molecule has 4 heteroatoms. The molecule has 0 aliphatic heterocycles. The van der Waals surface area contributed by atoms with Gasteiger partial charge in [-0.05, 0) is 37.2 Å². The summed E-state index contributed by atoms with van der Waals surface area (Å²) in [7, 11) is 0. The van der Waals surface area contributed by atoms with Crippen molar-refractivity contribution in [1.29, 1.82) is 0 Å². The first-order valence-corrected chi connectivity index (χ1v) is 6.58. The number of nitrogens with zero attached hydrogens (tertiary/aromatic N) is 1. The van der Waals surface area contributed by atoms with E-state index in [1.165, 1.54) is 6.42 Å². The third-order valence-corrected chi connectivity index (χ3v) is 4.06. The number of nitrogens with one attached hydrogen (secondary N) is 1. The molecule has 2 rings (SSSR count). The van der Waals surface area contributed by atoms with E-state index in [1.807, 2.05) is 6.07 Å². The molecule has 0 spiro atoms. The van der Waals surface area contributed by atoms with Gasteiger partial charge in [0.05, 0.1) is 4.92 Å². The molecule has 4 nitrogen and oxygen atoms in total. The fourth-order valence-electron chi connectivity index (χ4n) is 2.65. The molecular formula is C14H20N2O2. The van der Waals surface area contributed by atoms with Crippen LogP contribution in [0, 0.1) is 22.0 Å². The lowest BCUT2D eigenvalue weighted by Crippen LogP contribution is -2.30. The van der Waals surface area contributed by atoms with Crippen molar-refractivity contribution in [2.45, 2.75) is 39.2 Å². The first kappa shape index (κ1) is 12.9. The minimum Gasteiger partial charge on any atom is -0.377 e. The Morgan fingerprint density at radius 3 is 2.61 bits per heavy atom. The summed E-state index contributed by atoms with van der Waals surface area (Å²) in [5.41, 5.74) is 0.818. The van der Waals surface area contributed by atoms with Crippen molar-refractivity contribution in [3.8, 4) is 0 Å². The number of para-hydroxylation sites is 2. The van der Waals surface area contributed by atoms with Crippen molar-refractivity contribution in [3.05, 3.63) is 34.4 Å². The number of nitro benzene ring substituents is 1. The number of anilines is 1. The molecule has 98 valence electrons. The van der Waals surface area contributed by atoms with Gasteiger partial charge >= 0.3 is 0 Å². The first-order chi connectivity index (χ1) is 8.58. The highest BCUT2D eigenvalue weighted by molar-refractivity contribution is 5.61. The Bertz CT molecular complexity index is 434. The molecule has 1 aliphatic rings. The molecule has 0 bridgehead atoms. The highest BCUT2D eigenvalue weighted by atomic mass is 16.6. The molecule has 1 saturated carbocycles. The predicted molar refractivity (Wildman–Crippen MR) is 72.7 cm³/mol. The van der Waals surface area contributed by atoms with E-state index in [0.717, 1.165) is 18.8 Å².